The van der Waals surface area contributed by atoms with Gasteiger partial charge in [0.2, 0.25) is 0 Å². The smallest absolute Gasteiger partial charge is 0.0462 e. The largest absolute Gasteiger partial charge is 0.385 e. The van der Waals surface area contributed by atoms with E-state index in [1.54, 1.807) is 0 Å². The molecule has 3 nitrogen and oxygen atoms in total. The molecule has 0 aromatic rings. The predicted molar refractivity (Wildman–Crippen MR) is 85.1 cm³/mol. The van der Waals surface area contributed by atoms with Crippen molar-refractivity contribution in [3.63, 3.8) is 0 Å². The molecule has 0 atom stereocenters. The van der Waals surface area contributed by atoms with E-state index in [1.807, 2.05) is 7.11 Å². The minimum atomic E-state index is 0.938. The lowest BCUT2D eigenvalue weighted by atomic mass is 9.92. The molecule has 2 heterocycles. The molecule has 2 fully saturated rings. The molecule has 0 aliphatic carbocycles. The summed E-state index contributed by atoms with van der Waals surface area (Å²) in [5, 5.41) is 0. The second kappa shape index (κ2) is 9.01. The molecule has 0 N–H and O–H groups in total. The minimum absolute atomic E-state index is 0.938. The third-order valence-corrected chi connectivity index (χ3v) is 5.28. The third kappa shape index (κ3) is 5.71. The Kier molecular flexibility index (Phi) is 7.32. The van der Waals surface area contributed by atoms with Crippen LogP contribution in [0.3, 0.4) is 0 Å². The first-order valence-electron chi connectivity index (χ1n) is 8.71. The summed E-state index contributed by atoms with van der Waals surface area (Å²) in [6.07, 6.45) is 8.23. The monoisotopic (exact) mass is 282 g/mol. The number of hydrogen-bond acceptors (Lipinski definition) is 3. The predicted octanol–water partition coefficient (Wildman–Crippen LogP) is 2.86. The van der Waals surface area contributed by atoms with Gasteiger partial charge in [0.15, 0.2) is 0 Å². The zero-order valence-electron chi connectivity index (χ0n) is 13.6. The summed E-state index contributed by atoms with van der Waals surface area (Å²) in [6, 6.07) is 0. The molecule has 0 bridgehead atoms. The summed E-state index contributed by atoms with van der Waals surface area (Å²) in [7, 11) is 1.81. The van der Waals surface area contributed by atoms with Crippen molar-refractivity contribution in [1.82, 2.24) is 9.80 Å². The van der Waals surface area contributed by atoms with Crippen molar-refractivity contribution in [2.75, 3.05) is 53.0 Å². The molecule has 0 amide bonds. The number of piperidine rings is 2. The van der Waals surface area contributed by atoms with Crippen LogP contribution >= 0.6 is 0 Å². The summed E-state index contributed by atoms with van der Waals surface area (Å²) in [4.78, 5) is 5.36. The molecule has 0 saturated carbocycles. The molecule has 0 unspecified atom stereocenters. The van der Waals surface area contributed by atoms with Crippen LogP contribution in [0.1, 0.15) is 45.4 Å². The first-order valence-corrected chi connectivity index (χ1v) is 8.71. The Hall–Kier alpha value is -0.120. The van der Waals surface area contributed by atoms with Gasteiger partial charge in [0, 0.05) is 26.8 Å². The van der Waals surface area contributed by atoms with Crippen LogP contribution in [0.25, 0.3) is 0 Å². The van der Waals surface area contributed by atoms with Crippen molar-refractivity contribution in [2.45, 2.75) is 45.4 Å². The Morgan fingerprint density at radius 2 is 1.45 bits per heavy atom. The van der Waals surface area contributed by atoms with Crippen LogP contribution in [-0.2, 0) is 4.74 Å². The van der Waals surface area contributed by atoms with Crippen LogP contribution in [-0.4, -0.2) is 62.8 Å². The van der Waals surface area contributed by atoms with E-state index in [1.165, 1.54) is 77.8 Å². The molecule has 0 radical (unpaired) electrons. The second-order valence-electron chi connectivity index (χ2n) is 6.94. The van der Waals surface area contributed by atoms with E-state index in [-0.39, 0.29) is 0 Å². The van der Waals surface area contributed by atoms with E-state index in [2.05, 4.69) is 16.7 Å². The first kappa shape index (κ1) is 16.3. The highest BCUT2D eigenvalue weighted by Crippen LogP contribution is 2.22. The lowest BCUT2D eigenvalue weighted by Gasteiger charge is -2.35. The zero-order valence-corrected chi connectivity index (χ0v) is 13.6. The van der Waals surface area contributed by atoms with E-state index in [0.29, 0.717) is 0 Å². The van der Waals surface area contributed by atoms with Crippen LogP contribution in [0.15, 0.2) is 0 Å². The Bertz CT molecular complexity index is 243. The molecule has 2 saturated heterocycles. The van der Waals surface area contributed by atoms with Gasteiger partial charge in [-0.25, -0.2) is 0 Å². The van der Waals surface area contributed by atoms with Crippen molar-refractivity contribution in [1.29, 1.82) is 0 Å². The maximum Gasteiger partial charge on any atom is 0.0462 e. The van der Waals surface area contributed by atoms with Gasteiger partial charge >= 0.3 is 0 Å². The highest BCUT2D eigenvalue weighted by atomic mass is 16.5. The van der Waals surface area contributed by atoms with Crippen LogP contribution in [0, 0.1) is 11.8 Å². The quantitative estimate of drug-likeness (QED) is 0.668. The molecule has 0 aromatic carbocycles. The van der Waals surface area contributed by atoms with Gasteiger partial charge in [0.1, 0.15) is 0 Å². The number of methoxy groups -OCH3 is 1. The van der Waals surface area contributed by atoms with Crippen LogP contribution in [0.5, 0.6) is 0 Å². The lowest BCUT2D eigenvalue weighted by molar-refractivity contribution is 0.127. The zero-order chi connectivity index (χ0) is 14.2. The fourth-order valence-electron chi connectivity index (χ4n) is 3.58. The first-order chi connectivity index (χ1) is 9.78. The maximum absolute atomic E-state index is 5.15. The topological polar surface area (TPSA) is 15.7 Å². The Morgan fingerprint density at radius 1 is 0.900 bits per heavy atom. The summed E-state index contributed by atoms with van der Waals surface area (Å²) < 4.78 is 5.15. The minimum Gasteiger partial charge on any atom is -0.385 e. The molecular formula is C17H34N2O. The van der Waals surface area contributed by atoms with E-state index < -0.39 is 0 Å². The summed E-state index contributed by atoms with van der Waals surface area (Å²) >= 11 is 0. The standard InChI is InChI=1S/C17H34N2O/c1-16-5-9-18(10-6-16)13-14-19-11-7-17(8-12-19)4-3-15-20-2/h16-17H,3-15H2,1-2H3. The molecule has 2 aliphatic rings. The molecule has 2 rings (SSSR count). The van der Waals surface area contributed by atoms with Crippen molar-refractivity contribution < 1.29 is 4.74 Å². The van der Waals surface area contributed by atoms with Gasteiger partial charge < -0.3 is 14.5 Å². The summed E-state index contributed by atoms with van der Waals surface area (Å²) in [5.41, 5.74) is 0. The fraction of sp³-hybridized carbons (Fsp3) is 1.00. The number of rotatable bonds is 7. The number of hydrogen-bond donors (Lipinski definition) is 0. The lowest BCUT2D eigenvalue weighted by Crippen LogP contribution is -2.42. The molecule has 0 aromatic heterocycles. The molecular weight excluding hydrogens is 248 g/mol. The normalized spacial score (nSPS) is 24.3. The van der Waals surface area contributed by atoms with E-state index in [4.69, 9.17) is 4.74 Å². The van der Waals surface area contributed by atoms with E-state index >= 15 is 0 Å². The number of likely N-dealkylation sites (tertiary alicyclic amines) is 2. The van der Waals surface area contributed by atoms with Gasteiger partial charge in [-0.3, -0.25) is 0 Å². The maximum atomic E-state index is 5.15. The van der Waals surface area contributed by atoms with Crippen molar-refractivity contribution in [3.05, 3.63) is 0 Å². The number of ether oxygens (including phenoxy) is 1. The van der Waals surface area contributed by atoms with Gasteiger partial charge in [-0.2, -0.15) is 0 Å². The third-order valence-electron chi connectivity index (χ3n) is 5.28. The van der Waals surface area contributed by atoms with E-state index in [0.717, 1.165) is 18.4 Å². The summed E-state index contributed by atoms with van der Waals surface area (Å²) in [5.74, 6) is 1.91. The summed E-state index contributed by atoms with van der Waals surface area (Å²) in [6.45, 7) is 11.2. The highest BCUT2D eigenvalue weighted by Gasteiger charge is 2.20. The average Bonchev–Trinajstić information content (AvgIpc) is 2.48. The second-order valence-corrected chi connectivity index (χ2v) is 6.94. The van der Waals surface area contributed by atoms with Gasteiger partial charge in [-0.1, -0.05) is 6.92 Å². The molecule has 2 aliphatic heterocycles. The van der Waals surface area contributed by atoms with E-state index in [9.17, 15) is 0 Å². The molecule has 0 spiro atoms. The van der Waals surface area contributed by atoms with Crippen LogP contribution in [0.2, 0.25) is 0 Å². The van der Waals surface area contributed by atoms with Crippen LogP contribution in [0.4, 0.5) is 0 Å². The SMILES string of the molecule is COCCCC1CCN(CCN2CCC(C)CC2)CC1. The molecule has 3 heteroatoms. The fourth-order valence-corrected chi connectivity index (χ4v) is 3.58. The Labute approximate surface area is 125 Å². The van der Waals surface area contributed by atoms with Crippen molar-refractivity contribution in [2.24, 2.45) is 11.8 Å². The van der Waals surface area contributed by atoms with Gasteiger partial charge in [0.25, 0.3) is 0 Å². The van der Waals surface area contributed by atoms with Gasteiger partial charge in [-0.15, -0.1) is 0 Å². The van der Waals surface area contributed by atoms with Crippen LogP contribution < -0.4 is 0 Å². The van der Waals surface area contributed by atoms with Gasteiger partial charge in [0.05, 0.1) is 0 Å². The molecule has 20 heavy (non-hydrogen) atoms. The van der Waals surface area contributed by atoms with Crippen molar-refractivity contribution in [3.8, 4) is 0 Å². The average molecular weight is 282 g/mol. The van der Waals surface area contributed by atoms with Crippen molar-refractivity contribution >= 4 is 0 Å². The Morgan fingerprint density at radius 3 is 2.00 bits per heavy atom. The Balaban J connectivity index is 1.53. The molecule has 118 valence electrons. The number of nitrogens with zero attached hydrogens (tertiary/aromatic N) is 2. The highest BCUT2D eigenvalue weighted by molar-refractivity contribution is 4.75. The van der Waals surface area contributed by atoms with Gasteiger partial charge in [-0.05, 0) is 76.5 Å².